The van der Waals surface area contributed by atoms with Gasteiger partial charge in [0.15, 0.2) is 5.82 Å². The van der Waals surface area contributed by atoms with Gasteiger partial charge in [-0.05, 0) is 64.8 Å². The number of alkyl halides is 2. The van der Waals surface area contributed by atoms with Crippen LogP contribution in [0.25, 0.3) is 10.9 Å². The minimum Gasteiger partial charge on any atom is -0.320 e. The molecule has 0 aliphatic rings. The van der Waals surface area contributed by atoms with Crippen molar-refractivity contribution >= 4 is 22.4 Å². The topological polar surface area (TPSA) is 74.8 Å². The molecule has 1 aromatic carbocycles. The molecule has 0 aliphatic carbocycles. The first-order chi connectivity index (χ1) is 15.8. The average molecular weight is 467 g/mol. The Morgan fingerprint density at radius 3 is 2.50 bits per heavy atom. The molecule has 0 saturated carbocycles. The lowest BCUT2D eigenvalue weighted by Gasteiger charge is -2.29. The predicted molar refractivity (Wildman–Crippen MR) is 124 cm³/mol. The van der Waals surface area contributed by atoms with Gasteiger partial charge in [0.25, 0.3) is 6.43 Å². The SMILES string of the molecule is CC(C)(C#N)C#Cc1cc(N(CC(F)F)c2nc(=O)n(C(C)(C)C)c3cccc(F)c23)ccn1. The molecule has 0 spiro atoms. The maximum absolute atomic E-state index is 15.1. The molecule has 3 aromatic rings. The second kappa shape index (κ2) is 9.18. The fraction of sp³-hybridized carbons (Fsp3) is 0.360. The molecule has 0 unspecified atom stereocenters. The Kier molecular flexibility index (Phi) is 6.70. The molecule has 0 fully saturated rings. The van der Waals surface area contributed by atoms with Gasteiger partial charge in [-0.2, -0.15) is 10.2 Å². The van der Waals surface area contributed by atoms with E-state index in [2.05, 4.69) is 27.9 Å². The zero-order valence-electron chi connectivity index (χ0n) is 19.5. The van der Waals surface area contributed by atoms with Crippen LogP contribution in [0.4, 0.5) is 24.7 Å². The summed E-state index contributed by atoms with van der Waals surface area (Å²) in [5, 5.41) is 9.11. The fourth-order valence-corrected chi connectivity index (χ4v) is 3.42. The van der Waals surface area contributed by atoms with Crippen LogP contribution in [0.15, 0.2) is 41.3 Å². The molecule has 3 rings (SSSR count). The maximum Gasteiger partial charge on any atom is 0.350 e. The van der Waals surface area contributed by atoms with Crippen molar-refractivity contribution in [1.29, 1.82) is 5.26 Å². The number of nitriles is 1. The maximum atomic E-state index is 15.1. The van der Waals surface area contributed by atoms with E-state index in [1.807, 2.05) is 0 Å². The Hall–Kier alpha value is -3.85. The molecule has 0 aliphatic heterocycles. The number of hydrogen-bond acceptors (Lipinski definition) is 5. The Balaban J connectivity index is 2.29. The van der Waals surface area contributed by atoms with Crippen molar-refractivity contribution in [2.75, 3.05) is 11.4 Å². The smallest absolute Gasteiger partial charge is 0.320 e. The van der Waals surface area contributed by atoms with Gasteiger partial charge in [0.2, 0.25) is 0 Å². The second-order valence-electron chi connectivity index (χ2n) is 9.25. The van der Waals surface area contributed by atoms with Crippen LogP contribution in [0.1, 0.15) is 40.3 Å². The van der Waals surface area contributed by atoms with Crippen LogP contribution < -0.4 is 10.6 Å². The van der Waals surface area contributed by atoms with Gasteiger partial charge in [0, 0.05) is 17.4 Å². The third-order valence-electron chi connectivity index (χ3n) is 4.93. The van der Waals surface area contributed by atoms with Crippen molar-refractivity contribution in [3.8, 4) is 17.9 Å². The molecule has 0 amide bonds. The van der Waals surface area contributed by atoms with Gasteiger partial charge in [-0.3, -0.25) is 4.57 Å². The van der Waals surface area contributed by atoms with Crippen molar-refractivity contribution in [1.82, 2.24) is 14.5 Å². The summed E-state index contributed by atoms with van der Waals surface area (Å²) in [6.45, 7) is 7.75. The summed E-state index contributed by atoms with van der Waals surface area (Å²) in [6, 6.07) is 9.15. The van der Waals surface area contributed by atoms with E-state index in [9.17, 15) is 13.6 Å². The largest absolute Gasteiger partial charge is 0.350 e. The minimum absolute atomic E-state index is 0.0484. The normalized spacial score (nSPS) is 11.8. The van der Waals surface area contributed by atoms with Gasteiger partial charge in [-0.25, -0.2) is 22.9 Å². The van der Waals surface area contributed by atoms with Crippen LogP contribution in [0, 0.1) is 34.4 Å². The number of rotatable bonds is 4. The zero-order chi connectivity index (χ0) is 25.3. The zero-order valence-corrected chi connectivity index (χ0v) is 19.5. The van der Waals surface area contributed by atoms with Crippen LogP contribution in [0.3, 0.4) is 0 Å². The lowest BCUT2D eigenvalue weighted by Crippen LogP contribution is -2.37. The monoisotopic (exact) mass is 467 g/mol. The summed E-state index contributed by atoms with van der Waals surface area (Å²) in [6.07, 6.45) is -1.44. The lowest BCUT2D eigenvalue weighted by atomic mass is 9.97. The van der Waals surface area contributed by atoms with Gasteiger partial charge < -0.3 is 4.90 Å². The molecule has 0 bridgehead atoms. The van der Waals surface area contributed by atoms with E-state index in [1.165, 1.54) is 35.0 Å². The molecule has 0 radical (unpaired) electrons. The van der Waals surface area contributed by atoms with E-state index < -0.39 is 35.4 Å². The molecular weight excluding hydrogens is 443 g/mol. The van der Waals surface area contributed by atoms with Crippen molar-refractivity contribution < 1.29 is 13.2 Å². The van der Waals surface area contributed by atoms with E-state index >= 15 is 4.39 Å². The summed E-state index contributed by atoms with van der Waals surface area (Å²) < 4.78 is 43.7. The van der Waals surface area contributed by atoms with Gasteiger partial charge in [0.1, 0.15) is 16.9 Å². The summed E-state index contributed by atoms with van der Waals surface area (Å²) >= 11 is 0. The highest BCUT2D eigenvalue weighted by Gasteiger charge is 2.26. The average Bonchev–Trinajstić information content (AvgIpc) is 2.75. The van der Waals surface area contributed by atoms with Crippen molar-refractivity contribution in [3.05, 3.63) is 58.5 Å². The first-order valence-electron chi connectivity index (χ1n) is 10.5. The Labute approximate surface area is 195 Å². The first kappa shape index (κ1) is 24.8. The third-order valence-corrected chi connectivity index (χ3v) is 4.93. The number of pyridine rings is 1. The van der Waals surface area contributed by atoms with Crippen LogP contribution in [0.2, 0.25) is 0 Å². The molecule has 0 saturated heterocycles. The van der Waals surface area contributed by atoms with E-state index in [0.29, 0.717) is 0 Å². The van der Waals surface area contributed by atoms with Crippen molar-refractivity contribution in [3.63, 3.8) is 0 Å². The van der Waals surface area contributed by atoms with E-state index in [4.69, 9.17) is 5.26 Å². The third kappa shape index (κ3) is 5.20. The summed E-state index contributed by atoms with van der Waals surface area (Å²) in [4.78, 5) is 22.3. The number of hydrogen-bond donors (Lipinski definition) is 0. The minimum atomic E-state index is -2.81. The number of benzene rings is 1. The lowest BCUT2D eigenvalue weighted by molar-refractivity contribution is 0.157. The fourth-order valence-electron chi connectivity index (χ4n) is 3.42. The molecule has 2 heterocycles. The molecule has 2 aromatic heterocycles. The van der Waals surface area contributed by atoms with Gasteiger partial charge >= 0.3 is 5.69 Å². The Bertz CT molecular complexity index is 1390. The molecule has 9 heteroatoms. The van der Waals surface area contributed by atoms with Crippen LogP contribution in [0.5, 0.6) is 0 Å². The summed E-state index contributed by atoms with van der Waals surface area (Å²) in [5.74, 6) is 4.63. The summed E-state index contributed by atoms with van der Waals surface area (Å²) in [7, 11) is 0. The standard InChI is InChI=1S/C25H24F3N5O/c1-24(2,3)33-19-8-6-7-18(26)21(19)22(31-23(33)34)32(14-20(27)28)17-10-12-30-16(13-17)9-11-25(4,5)15-29/h6-8,10,12-13,20H,14H2,1-5H3. The molecule has 34 heavy (non-hydrogen) atoms. The number of anilines is 2. The second-order valence-corrected chi connectivity index (χ2v) is 9.25. The molecule has 6 nitrogen and oxygen atoms in total. The van der Waals surface area contributed by atoms with E-state index in [-0.39, 0.29) is 28.1 Å². The van der Waals surface area contributed by atoms with Gasteiger partial charge in [-0.1, -0.05) is 12.0 Å². The highest BCUT2D eigenvalue weighted by molar-refractivity contribution is 5.92. The molecule has 0 atom stereocenters. The first-order valence-corrected chi connectivity index (χ1v) is 10.5. The van der Waals surface area contributed by atoms with Gasteiger partial charge in [0.05, 0.1) is 23.5 Å². The Morgan fingerprint density at radius 1 is 1.18 bits per heavy atom. The molecular formula is C25H24F3N5O. The molecule has 176 valence electrons. The number of aromatic nitrogens is 3. The van der Waals surface area contributed by atoms with Crippen molar-refractivity contribution in [2.24, 2.45) is 5.41 Å². The van der Waals surface area contributed by atoms with Crippen LogP contribution in [-0.4, -0.2) is 27.5 Å². The summed E-state index contributed by atoms with van der Waals surface area (Å²) in [5.41, 5.74) is -1.67. The van der Waals surface area contributed by atoms with Crippen molar-refractivity contribution in [2.45, 2.75) is 46.6 Å². The Morgan fingerprint density at radius 2 is 1.88 bits per heavy atom. The van der Waals surface area contributed by atoms with Gasteiger partial charge in [-0.15, -0.1) is 0 Å². The van der Waals surface area contributed by atoms with Crippen LogP contribution >= 0.6 is 0 Å². The highest BCUT2D eigenvalue weighted by atomic mass is 19.3. The predicted octanol–water partition coefficient (Wildman–Crippen LogP) is 4.99. The highest BCUT2D eigenvalue weighted by Crippen LogP contribution is 2.33. The van der Waals surface area contributed by atoms with Crippen LogP contribution in [-0.2, 0) is 5.54 Å². The van der Waals surface area contributed by atoms with E-state index in [1.54, 1.807) is 40.7 Å². The number of halogens is 3. The quantitative estimate of drug-likeness (QED) is 0.506. The number of fused-ring (bicyclic) bond motifs is 1. The number of nitrogens with zero attached hydrogens (tertiary/aromatic N) is 5. The molecule has 0 N–H and O–H groups in total. The van der Waals surface area contributed by atoms with E-state index in [0.717, 1.165) is 4.90 Å².